The maximum Gasteiger partial charge on any atom is 0.338 e. The minimum Gasteiger partial charge on any atom is -0.462 e. The van der Waals surface area contributed by atoms with Crippen molar-refractivity contribution in [3.63, 3.8) is 0 Å². The summed E-state index contributed by atoms with van der Waals surface area (Å²) in [6, 6.07) is 15.6. The third-order valence-corrected chi connectivity index (χ3v) is 5.66. The van der Waals surface area contributed by atoms with Crippen molar-refractivity contribution in [2.24, 2.45) is 0 Å². The van der Waals surface area contributed by atoms with E-state index in [1.165, 1.54) is 4.90 Å². The van der Waals surface area contributed by atoms with Gasteiger partial charge in [-0.2, -0.15) is 0 Å². The Kier molecular flexibility index (Phi) is 6.60. The van der Waals surface area contributed by atoms with Crippen molar-refractivity contribution >= 4 is 29.0 Å². The van der Waals surface area contributed by atoms with Gasteiger partial charge in [0.2, 0.25) is 0 Å². The summed E-state index contributed by atoms with van der Waals surface area (Å²) in [6.45, 7) is 7.22. The second-order valence-corrected chi connectivity index (χ2v) is 8.38. The number of anilines is 1. The molecule has 172 valence electrons. The van der Waals surface area contributed by atoms with Crippen LogP contribution in [0.4, 0.5) is 5.69 Å². The molecule has 0 radical (unpaired) electrons. The summed E-state index contributed by atoms with van der Waals surface area (Å²) in [6.07, 6.45) is 0.600. The molecule has 0 N–H and O–H groups in total. The van der Waals surface area contributed by atoms with Crippen molar-refractivity contribution in [1.82, 2.24) is 4.90 Å². The monoisotopic (exact) mass is 448 g/mol. The van der Waals surface area contributed by atoms with Gasteiger partial charge in [-0.15, -0.1) is 0 Å². The SMILES string of the molecule is CCCOC(=O)c1ccc(N2C(=O)C(c3ccccc3)=C(N3CC(C)OC(C)C3)C2=O)cc1. The molecular weight excluding hydrogens is 420 g/mol. The van der Waals surface area contributed by atoms with E-state index in [9.17, 15) is 14.4 Å². The number of esters is 1. The molecule has 2 aromatic rings. The molecule has 2 atom stereocenters. The smallest absolute Gasteiger partial charge is 0.338 e. The first-order valence-electron chi connectivity index (χ1n) is 11.3. The summed E-state index contributed by atoms with van der Waals surface area (Å²) in [5, 5.41) is 0. The lowest BCUT2D eigenvalue weighted by atomic mass is 10.0. The quantitative estimate of drug-likeness (QED) is 0.496. The number of morpholine rings is 1. The van der Waals surface area contributed by atoms with Gasteiger partial charge >= 0.3 is 5.97 Å². The molecule has 2 aliphatic heterocycles. The molecule has 2 aromatic carbocycles. The average Bonchev–Trinajstić information content (AvgIpc) is 3.07. The van der Waals surface area contributed by atoms with Crippen LogP contribution in [0.15, 0.2) is 60.3 Å². The third-order valence-electron chi connectivity index (χ3n) is 5.66. The van der Waals surface area contributed by atoms with Crippen LogP contribution in [0, 0.1) is 0 Å². The van der Waals surface area contributed by atoms with Crippen LogP contribution < -0.4 is 4.90 Å². The summed E-state index contributed by atoms with van der Waals surface area (Å²) in [7, 11) is 0. The molecule has 4 rings (SSSR count). The number of amides is 2. The van der Waals surface area contributed by atoms with Gasteiger partial charge in [0.15, 0.2) is 0 Å². The molecule has 0 spiro atoms. The molecule has 0 aromatic heterocycles. The molecule has 2 amide bonds. The minimum atomic E-state index is -0.428. The zero-order valence-electron chi connectivity index (χ0n) is 19.1. The number of ether oxygens (including phenoxy) is 2. The molecule has 0 aliphatic carbocycles. The normalized spacial score (nSPS) is 21.1. The number of carbonyl (C=O) groups is 3. The number of nitrogens with zero attached hydrogens (tertiary/aromatic N) is 2. The molecule has 1 saturated heterocycles. The van der Waals surface area contributed by atoms with Crippen molar-refractivity contribution in [2.75, 3.05) is 24.6 Å². The summed E-state index contributed by atoms with van der Waals surface area (Å²) < 4.78 is 11.0. The van der Waals surface area contributed by atoms with E-state index in [4.69, 9.17) is 9.47 Å². The Morgan fingerprint density at radius 2 is 1.61 bits per heavy atom. The van der Waals surface area contributed by atoms with Gasteiger partial charge in [0.1, 0.15) is 5.70 Å². The molecule has 0 saturated carbocycles. The van der Waals surface area contributed by atoms with E-state index in [-0.39, 0.29) is 24.0 Å². The molecule has 7 heteroatoms. The van der Waals surface area contributed by atoms with Crippen molar-refractivity contribution in [2.45, 2.75) is 39.4 Å². The number of imide groups is 1. The van der Waals surface area contributed by atoms with E-state index >= 15 is 0 Å². The molecule has 2 unspecified atom stereocenters. The van der Waals surface area contributed by atoms with E-state index in [1.54, 1.807) is 24.3 Å². The lowest BCUT2D eigenvalue weighted by molar-refractivity contribution is -0.121. The lowest BCUT2D eigenvalue weighted by Gasteiger charge is -2.37. The number of benzene rings is 2. The topological polar surface area (TPSA) is 76.2 Å². The Balaban J connectivity index is 1.70. The Labute approximate surface area is 193 Å². The van der Waals surface area contributed by atoms with Gasteiger partial charge in [0, 0.05) is 13.1 Å². The van der Waals surface area contributed by atoms with Gasteiger partial charge in [-0.05, 0) is 50.1 Å². The van der Waals surface area contributed by atoms with Crippen molar-refractivity contribution in [3.8, 4) is 0 Å². The van der Waals surface area contributed by atoms with Crippen LogP contribution >= 0.6 is 0 Å². The molecule has 33 heavy (non-hydrogen) atoms. The Morgan fingerprint density at radius 1 is 0.970 bits per heavy atom. The van der Waals surface area contributed by atoms with Gasteiger partial charge in [0.05, 0.1) is 35.6 Å². The van der Waals surface area contributed by atoms with E-state index < -0.39 is 5.97 Å². The number of rotatable bonds is 6. The van der Waals surface area contributed by atoms with Crippen molar-refractivity contribution in [3.05, 3.63) is 71.4 Å². The van der Waals surface area contributed by atoms with Crippen LogP contribution in [0.25, 0.3) is 5.57 Å². The van der Waals surface area contributed by atoms with Gasteiger partial charge in [0.25, 0.3) is 11.8 Å². The molecule has 2 aliphatic rings. The first-order chi connectivity index (χ1) is 15.9. The molecule has 7 nitrogen and oxygen atoms in total. The maximum atomic E-state index is 13.6. The lowest BCUT2D eigenvalue weighted by Crippen LogP contribution is -2.47. The van der Waals surface area contributed by atoms with Crippen LogP contribution in [-0.2, 0) is 19.1 Å². The van der Waals surface area contributed by atoms with Gasteiger partial charge in [-0.25, -0.2) is 9.69 Å². The summed E-state index contributed by atoms with van der Waals surface area (Å²) in [5.41, 5.74) is 2.25. The maximum absolute atomic E-state index is 13.6. The number of hydrogen-bond donors (Lipinski definition) is 0. The Hall–Kier alpha value is -3.45. The van der Waals surface area contributed by atoms with Gasteiger partial charge in [-0.3, -0.25) is 9.59 Å². The first kappa shape index (κ1) is 22.7. The molecule has 1 fully saturated rings. The average molecular weight is 449 g/mol. The number of hydrogen-bond acceptors (Lipinski definition) is 6. The second kappa shape index (κ2) is 9.58. The highest BCUT2D eigenvalue weighted by molar-refractivity contribution is 6.45. The summed E-state index contributed by atoms with van der Waals surface area (Å²) in [4.78, 5) is 42.5. The highest BCUT2D eigenvalue weighted by atomic mass is 16.5. The fraction of sp³-hybridized carbons (Fsp3) is 0.346. The third kappa shape index (κ3) is 4.54. The van der Waals surface area contributed by atoms with E-state index in [0.29, 0.717) is 47.8 Å². The van der Waals surface area contributed by atoms with Crippen LogP contribution in [0.1, 0.15) is 43.1 Å². The predicted molar refractivity (Wildman–Crippen MR) is 124 cm³/mol. The molecule has 0 bridgehead atoms. The van der Waals surface area contributed by atoms with Gasteiger partial charge < -0.3 is 14.4 Å². The Morgan fingerprint density at radius 3 is 2.21 bits per heavy atom. The molecular formula is C26H28N2O5. The molecule has 2 heterocycles. The fourth-order valence-electron chi connectivity index (χ4n) is 4.30. The van der Waals surface area contributed by atoms with Crippen molar-refractivity contribution < 1.29 is 23.9 Å². The van der Waals surface area contributed by atoms with E-state index in [0.717, 1.165) is 6.42 Å². The number of carbonyl (C=O) groups excluding carboxylic acids is 3. The standard InChI is InChI=1S/C26H28N2O5/c1-4-14-32-26(31)20-10-12-21(13-11-20)28-24(29)22(19-8-6-5-7-9-19)23(25(28)30)27-15-17(2)33-18(3)16-27/h5-13,17-18H,4,14-16H2,1-3H3. The van der Waals surface area contributed by atoms with Crippen LogP contribution in [0.5, 0.6) is 0 Å². The fourth-order valence-corrected chi connectivity index (χ4v) is 4.30. The second-order valence-electron chi connectivity index (χ2n) is 8.38. The highest BCUT2D eigenvalue weighted by Gasteiger charge is 2.43. The largest absolute Gasteiger partial charge is 0.462 e. The Bertz CT molecular complexity index is 1070. The van der Waals surface area contributed by atoms with Crippen LogP contribution in [0.2, 0.25) is 0 Å². The van der Waals surface area contributed by atoms with Gasteiger partial charge in [-0.1, -0.05) is 37.3 Å². The summed E-state index contributed by atoms with van der Waals surface area (Å²) in [5.74, 6) is -1.18. The zero-order valence-corrected chi connectivity index (χ0v) is 19.1. The zero-order chi connectivity index (χ0) is 23.5. The summed E-state index contributed by atoms with van der Waals surface area (Å²) >= 11 is 0. The first-order valence-corrected chi connectivity index (χ1v) is 11.3. The van der Waals surface area contributed by atoms with Crippen LogP contribution in [0.3, 0.4) is 0 Å². The highest BCUT2D eigenvalue weighted by Crippen LogP contribution is 2.36. The van der Waals surface area contributed by atoms with Crippen molar-refractivity contribution in [1.29, 1.82) is 0 Å². The minimum absolute atomic E-state index is 0.0661. The van der Waals surface area contributed by atoms with E-state index in [2.05, 4.69) is 0 Å². The predicted octanol–water partition coefficient (Wildman–Crippen LogP) is 3.65. The van der Waals surface area contributed by atoms with Crippen LogP contribution in [-0.4, -0.2) is 54.6 Å². The van der Waals surface area contributed by atoms with E-state index in [1.807, 2.05) is 56.0 Å².